The van der Waals surface area contributed by atoms with E-state index in [2.05, 4.69) is 18.3 Å². The molecule has 78 valence electrons. The minimum Gasteiger partial charge on any atom is -0.384 e. The van der Waals surface area contributed by atoms with Crippen molar-refractivity contribution in [3.8, 4) is 0 Å². The van der Waals surface area contributed by atoms with Crippen LogP contribution in [0.5, 0.6) is 0 Å². The average Bonchev–Trinajstić information content (AvgIpc) is 2.15. The SMILES string of the molecule is CCCCCNc1ccc(C)cc1Cl. The molecule has 0 saturated carbocycles. The van der Waals surface area contributed by atoms with E-state index in [0.717, 1.165) is 17.3 Å². The molecule has 0 atom stereocenters. The first-order chi connectivity index (χ1) is 6.74. The van der Waals surface area contributed by atoms with Crippen molar-refractivity contribution in [3.63, 3.8) is 0 Å². The van der Waals surface area contributed by atoms with E-state index in [1.165, 1.54) is 24.8 Å². The Morgan fingerprint density at radius 2 is 2.07 bits per heavy atom. The zero-order valence-corrected chi connectivity index (χ0v) is 9.69. The lowest BCUT2D eigenvalue weighted by atomic mass is 10.2. The molecule has 14 heavy (non-hydrogen) atoms. The number of hydrogen-bond donors (Lipinski definition) is 1. The van der Waals surface area contributed by atoms with Gasteiger partial charge in [0.15, 0.2) is 0 Å². The molecule has 2 heteroatoms. The number of halogens is 1. The van der Waals surface area contributed by atoms with E-state index < -0.39 is 0 Å². The Morgan fingerprint density at radius 1 is 1.29 bits per heavy atom. The molecular weight excluding hydrogens is 194 g/mol. The zero-order chi connectivity index (χ0) is 10.4. The maximum atomic E-state index is 6.08. The molecule has 0 saturated heterocycles. The number of aryl methyl sites for hydroxylation is 1. The third kappa shape index (κ3) is 3.59. The summed E-state index contributed by atoms with van der Waals surface area (Å²) in [5, 5.41) is 4.16. The molecule has 1 rings (SSSR count). The predicted octanol–water partition coefficient (Wildman–Crippen LogP) is 4.25. The first kappa shape index (κ1) is 11.4. The molecular formula is C12H18ClN. The van der Waals surface area contributed by atoms with E-state index in [9.17, 15) is 0 Å². The topological polar surface area (TPSA) is 12.0 Å². The Hall–Kier alpha value is -0.690. The molecule has 0 radical (unpaired) electrons. The van der Waals surface area contributed by atoms with E-state index in [-0.39, 0.29) is 0 Å². The molecule has 1 aromatic carbocycles. The number of nitrogens with one attached hydrogen (secondary N) is 1. The van der Waals surface area contributed by atoms with Crippen LogP contribution < -0.4 is 5.32 Å². The normalized spacial score (nSPS) is 10.2. The van der Waals surface area contributed by atoms with Gasteiger partial charge in [0.05, 0.1) is 10.7 Å². The number of rotatable bonds is 5. The second-order valence-electron chi connectivity index (χ2n) is 3.62. The highest BCUT2D eigenvalue weighted by Gasteiger charge is 1.98. The molecule has 0 spiro atoms. The van der Waals surface area contributed by atoms with E-state index in [1.54, 1.807) is 0 Å². The fourth-order valence-electron chi connectivity index (χ4n) is 1.36. The Balaban J connectivity index is 2.42. The molecule has 0 unspecified atom stereocenters. The molecule has 0 bridgehead atoms. The zero-order valence-electron chi connectivity index (χ0n) is 8.94. The van der Waals surface area contributed by atoms with Gasteiger partial charge in [-0.1, -0.05) is 37.4 Å². The molecule has 0 amide bonds. The van der Waals surface area contributed by atoms with Gasteiger partial charge < -0.3 is 5.32 Å². The quantitative estimate of drug-likeness (QED) is 0.718. The smallest absolute Gasteiger partial charge is 0.0640 e. The summed E-state index contributed by atoms with van der Waals surface area (Å²) in [5.74, 6) is 0. The summed E-state index contributed by atoms with van der Waals surface area (Å²) in [7, 11) is 0. The van der Waals surface area contributed by atoms with Crippen LogP contribution in [0.2, 0.25) is 5.02 Å². The van der Waals surface area contributed by atoms with E-state index in [1.807, 2.05) is 19.1 Å². The molecule has 0 aliphatic heterocycles. The Bertz CT molecular complexity index is 284. The van der Waals surface area contributed by atoms with Gasteiger partial charge in [-0.05, 0) is 31.0 Å². The number of anilines is 1. The average molecular weight is 212 g/mol. The Labute approximate surface area is 91.5 Å². The lowest BCUT2D eigenvalue weighted by Gasteiger charge is -2.08. The van der Waals surface area contributed by atoms with Crippen LogP contribution in [0.25, 0.3) is 0 Å². The molecule has 1 N–H and O–H groups in total. The van der Waals surface area contributed by atoms with Crippen molar-refractivity contribution in [3.05, 3.63) is 28.8 Å². The highest BCUT2D eigenvalue weighted by molar-refractivity contribution is 6.33. The molecule has 0 aliphatic rings. The predicted molar refractivity (Wildman–Crippen MR) is 64.2 cm³/mol. The van der Waals surface area contributed by atoms with Gasteiger partial charge in [-0.3, -0.25) is 0 Å². The molecule has 1 nitrogen and oxygen atoms in total. The Morgan fingerprint density at radius 3 is 2.71 bits per heavy atom. The maximum Gasteiger partial charge on any atom is 0.0640 e. The number of unbranched alkanes of at least 4 members (excludes halogenated alkanes) is 2. The highest BCUT2D eigenvalue weighted by atomic mass is 35.5. The molecule has 0 aromatic heterocycles. The molecule has 0 aliphatic carbocycles. The monoisotopic (exact) mass is 211 g/mol. The largest absolute Gasteiger partial charge is 0.384 e. The van der Waals surface area contributed by atoms with Gasteiger partial charge in [0.25, 0.3) is 0 Å². The summed E-state index contributed by atoms with van der Waals surface area (Å²) in [6.45, 7) is 5.27. The van der Waals surface area contributed by atoms with Crippen LogP contribution in [-0.4, -0.2) is 6.54 Å². The number of hydrogen-bond acceptors (Lipinski definition) is 1. The summed E-state index contributed by atoms with van der Waals surface area (Å²) in [5.41, 5.74) is 2.25. The highest BCUT2D eigenvalue weighted by Crippen LogP contribution is 2.22. The van der Waals surface area contributed by atoms with Crippen LogP contribution in [-0.2, 0) is 0 Å². The van der Waals surface area contributed by atoms with Gasteiger partial charge in [-0.2, -0.15) is 0 Å². The van der Waals surface area contributed by atoms with Crippen molar-refractivity contribution in [2.24, 2.45) is 0 Å². The second-order valence-corrected chi connectivity index (χ2v) is 4.02. The second kappa shape index (κ2) is 5.92. The third-order valence-electron chi connectivity index (χ3n) is 2.22. The Kier molecular flexibility index (Phi) is 4.81. The van der Waals surface area contributed by atoms with Crippen molar-refractivity contribution >= 4 is 17.3 Å². The van der Waals surface area contributed by atoms with Gasteiger partial charge in [-0.25, -0.2) is 0 Å². The van der Waals surface area contributed by atoms with Gasteiger partial charge in [0.2, 0.25) is 0 Å². The van der Waals surface area contributed by atoms with Crippen molar-refractivity contribution in [1.29, 1.82) is 0 Å². The molecule has 1 aromatic rings. The van der Waals surface area contributed by atoms with E-state index >= 15 is 0 Å². The van der Waals surface area contributed by atoms with Gasteiger partial charge in [0, 0.05) is 6.54 Å². The maximum absolute atomic E-state index is 6.08. The van der Waals surface area contributed by atoms with Crippen LogP contribution in [0.1, 0.15) is 31.7 Å². The lowest BCUT2D eigenvalue weighted by Crippen LogP contribution is -2.01. The summed E-state index contributed by atoms with van der Waals surface area (Å²) >= 11 is 6.08. The van der Waals surface area contributed by atoms with Crippen molar-refractivity contribution < 1.29 is 0 Å². The van der Waals surface area contributed by atoms with Crippen LogP contribution in [0.3, 0.4) is 0 Å². The van der Waals surface area contributed by atoms with Crippen LogP contribution in [0.15, 0.2) is 18.2 Å². The lowest BCUT2D eigenvalue weighted by molar-refractivity contribution is 0.744. The van der Waals surface area contributed by atoms with Crippen LogP contribution in [0.4, 0.5) is 5.69 Å². The standard InChI is InChI=1S/C12H18ClN/c1-3-4-5-8-14-12-7-6-10(2)9-11(12)13/h6-7,9,14H,3-5,8H2,1-2H3. The fraction of sp³-hybridized carbons (Fsp3) is 0.500. The summed E-state index contributed by atoms with van der Waals surface area (Å²) in [4.78, 5) is 0. The van der Waals surface area contributed by atoms with Crippen molar-refractivity contribution in [2.45, 2.75) is 33.1 Å². The van der Waals surface area contributed by atoms with Gasteiger partial charge >= 0.3 is 0 Å². The van der Waals surface area contributed by atoms with Gasteiger partial charge in [-0.15, -0.1) is 0 Å². The minimum atomic E-state index is 0.821. The van der Waals surface area contributed by atoms with Crippen molar-refractivity contribution in [2.75, 3.05) is 11.9 Å². The first-order valence-corrected chi connectivity index (χ1v) is 5.62. The molecule has 0 fully saturated rings. The first-order valence-electron chi connectivity index (χ1n) is 5.24. The van der Waals surface area contributed by atoms with Crippen LogP contribution in [0, 0.1) is 6.92 Å². The fourth-order valence-corrected chi connectivity index (χ4v) is 1.66. The molecule has 0 heterocycles. The van der Waals surface area contributed by atoms with Crippen molar-refractivity contribution in [1.82, 2.24) is 0 Å². The summed E-state index contributed by atoms with van der Waals surface area (Å²) in [6.07, 6.45) is 3.74. The summed E-state index contributed by atoms with van der Waals surface area (Å²) in [6, 6.07) is 6.11. The summed E-state index contributed by atoms with van der Waals surface area (Å²) < 4.78 is 0. The van der Waals surface area contributed by atoms with Gasteiger partial charge in [0.1, 0.15) is 0 Å². The van der Waals surface area contributed by atoms with Crippen LogP contribution >= 0.6 is 11.6 Å². The van der Waals surface area contributed by atoms with E-state index in [4.69, 9.17) is 11.6 Å². The van der Waals surface area contributed by atoms with E-state index in [0.29, 0.717) is 0 Å². The third-order valence-corrected chi connectivity index (χ3v) is 2.53. The number of benzene rings is 1. The minimum absolute atomic E-state index is 0.821.